The summed E-state index contributed by atoms with van der Waals surface area (Å²) in [6.07, 6.45) is 5.24. The molecule has 2 aromatic carbocycles. The molecule has 0 radical (unpaired) electrons. The summed E-state index contributed by atoms with van der Waals surface area (Å²) >= 11 is 0. The number of carbonyl (C=O) groups is 3. The summed E-state index contributed by atoms with van der Waals surface area (Å²) in [6.45, 7) is 0.129. The number of carbonyl (C=O) groups excluding carboxylic acids is 3. The molecule has 5 nitrogen and oxygen atoms in total. The van der Waals surface area contributed by atoms with Gasteiger partial charge in [-0.15, -0.1) is 0 Å². The van der Waals surface area contributed by atoms with Crippen molar-refractivity contribution < 1.29 is 14.4 Å². The lowest BCUT2D eigenvalue weighted by atomic mass is 9.85. The molecule has 1 aliphatic carbocycles. The van der Waals surface area contributed by atoms with E-state index >= 15 is 0 Å². The number of fused-ring (bicyclic) bond motifs is 1. The van der Waals surface area contributed by atoms with Gasteiger partial charge in [-0.25, -0.2) is 0 Å². The standard InChI is InChI=1S/C23H22N2O3/c26-21(14-15-25-22(27)18-11-4-5-12-19(18)23(25)28)24-20-13-7-6-10-17(20)16-8-2-1-3-9-16/h1-10,13,18-19H,11-12,14-15H2,(H,24,26)/t18-,19-/m0/s1. The molecule has 0 aromatic heterocycles. The molecule has 0 bridgehead atoms. The molecule has 4 rings (SSSR count). The third kappa shape index (κ3) is 3.48. The number of imide groups is 1. The Bertz CT molecular complexity index is 910. The van der Waals surface area contributed by atoms with Gasteiger partial charge in [0, 0.05) is 24.2 Å². The molecule has 1 heterocycles. The molecule has 28 heavy (non-hydrogen) atoms. The van der Waals surface area contributed by atoms with Crippen molar-refractivity contribution in [3.05, 3.63) is 66.7 Å². The van der Waals surface area contributed by atoms with Crippen molar-refractivity contribution in [3.63, 3.8) is 0 Å². The summed E-state index contributed by atoms with van der Waals surface area (Å²) in [7, 11) is 0. The first-order valence-electron chi connectivity index (χ1n) is 9.59. The minimum atomic E-state index is -0.251. The van der Waals surface area contributed by atoms with Crippen LogP contribution in [0, 0.1) is 11.8 Å². The third-order valence-corrected chi connectivity index (χ3v) is 5.45. The predicted molar refractivity (Wildman–Crippen MR) is 107 cm³/mol. The van der Waals surface area contributed by atoms with E-state index in [2.05, 4.69) is 5.32 Å². The molecule has 1 aliphatic heterocycles. The first kappa shape index (κ1) is 18.2. The van der Waals surface area contributed by atoms with Gasteiger partial charge in [-0.1, -0.05) is 60.7 Å². The van der Waals surface area contributed by atoms with E-state index in [0.29, 0.717) is 12.8 Å². The van der Waals surface area contributed by atoms with Crippen molar-refractivity contribution in [2.24, 2.45) is 11.8 Å². The van der Waals surface area contributed by atoms with Gasteiger partial charge < -0.3 is 5.32 Å². The van der Waals surface area contributed by atoms with Gasteiger partial charge in [0.15, 0.2) is 0 Å². The average molecular weight is 374 g/mol. The molecule has 1 fully saturated rings. The fourth-order valence-corrected chi connectivity index (χ4v) is 3.98. The summed E-state index contributed by atoms with van der Waals surface area (Å²) in [4.78, 5) is 38.8. The van der Waals surface area contributed by atoms with Crippen molar-refractivity contribution in [2.75, 3.05) is 11.9 Å². The van der Waals surface area contributed by atoms with Crippen LogP contribution < -0.4 is 5.32 Å². The molecule has 0 spiro atoms. The molecule has 0 saturated carbocycles. The van der Waals surface area contributed by atoms with Gasteiger partial charge in [0.2, 0.25) is 17.7 Å². The monoisotopic (exact) mass is 374 g/mol. The lowest BCUT2D eigenvalue weighted by Gasteiger charge is -2.15. The molecule has 2 aromatic rings. The molecular formula is C23H22N2O3. The van der Waals surface area contributed by atoms with Crippen LogP contribution in [0.1, 0.15) is 19.3 Å². The number of nitrogens with zero attached hydrogens (tertiary/aromatic N) is 1. The lowest BCUT2D eigenvalue weighted by molar-refractivity contribution is -0.140. The summed E-state index contributed by atoms with van der Waals surface area (Å²) in [5, 5.41) is 2.92. The first-order valence-corrected chi connectivity index (χ1v) is 9.59. The maximum Gasteiger partial charge on any atom is 0.233 e. The van der Waals surface area contributed by atoms with Crippen molar-refractivity contribution in [1.29, 1.82) is 0 Å². The Morgan fingerprint density at radius 2 is 1.50 bits per heavy atom. The number of hydrogen-bond acceptors (Lipinski definition) is 3. The van der Waals surface area contributed by atoms with E-state index in [4.69, 9.17) is 0 Å². The second kappa shape index (κ2) is 7.80. The van der Waals surface area contributed by atoms with E-state index in [0.717, 1.165) is 16.8 Å². The zero-order valence-electron chi connectivity index (χ0n) is 15.5. The van der Waals surface area contributed by atoms with Gasteiger partial charge in [-0.05, 0) is 24.5 Å². The van der Waals surface area contributed by atoms with Crippen LogP contribution in [0.25, 0.3) is 11.1 Å². The topological polar surface area (TPSA) is 66.5 Å². The summed E-state index contributed by atoms with van der Waals surface area (Å²) < 4.78 is 0. The van der Waals surface area contributed by atoms with Crippen LogP contribution in [0.15, 0.2) is 66.7 Å². The van der Waals surface area contributed by atoms with Gasteiger partial charge in [0.05, 0.1) is 11.8 Å². The number of amides is 3. The SMILES string of the molecule is O=C(CCN1C(=O)[C@H]2CC=CC[C@@H]2C1=O)Nc1ccccc1-c1ccccc1. The van der Waals surface area contributed by atoms with Crippen LogP contribution in [0.4, 0.5) is 5.69 Å². The molecule has 2 aliphatic rings. The van der Waals surface area contributed by atoms with Gasteiger partial charge in [-0.3, -0.25) is 19.3 Å². The molecule has 1 N–H and O–H groups in total. The largest absolute Gasteiger partial charge is 0.325 e. The first-order chi connectivity index (χ1) is 13.6. The van der Waals surface area contributed by atoms with Crippen LogP contribution >= 0.6 is 0 Å². The highest BCUT2D eigenvalue weighted by molar-refractivity contribution is 6.06. The van der Waals surface area contributed by atoms with E-state index in [1.165, 1.54) is 4.90 Å². The predicted octanol–water partition coefficient (Wildman–Crippen LogP) is 3.63. The van der Waals surface area contributed by atoms with Crippen LogP contribution in [0.2, 0.25) is 0 Å². The van der Waals surface area contributed by atoms with Crippen molar-refractivity contribution in [3.8, 4) is 11.1 Å². The van der Waals surface area contributed by atoms with E-state index in [1.54, 1.807) is 0 Å². The minimum Gasteiger partial charge on any atom is -0.325 e. The van der Waals surface area contributed by atoms with E-state index in [1.807, 2.05) is 66.7 Å². The second-order valence-electron chi connectivity index (χ2n) is 7.19. The van der Waals surface area contributed by atoms with Crippen molar-refractivity contribution >= 4 is 23.4 Å². The summed E-state index contributed by atoms with van der Waals surface area (Å²) in [5.41, 5.74) is 2.66. The zero-order valence-corrected chi connectivity index (χ0v) is 15.5. The Morgan fingerprint density at radius 3 is 2.18 bits per heavy atom. The normalized spacial score (nSPS) is 20.9. The van der Waals surface area contributed by atoms with Crippen LogP contribution in [0.3, 0.4) is 0 Å². The number of likely N-dealkylation sites (tertiary alicyclic amines) is 1. The molecule has 142 valence electrons. The van der Waals surface area contributed by atoms with Crippen LogP contribution in [0.5, 0.6) is 0 Å². The van der Waals surface area contributed by atoms with Crippen molar-refractivity contribution in [2.45, 2.75) is 19.3 Å². The molecule has 3 amide bonds. The quantitative estimate of drug-likeness (QED) is 0.642. The number of benzene rings is 2. The zero-order chi connectivity index (χ0) is 19.5. The smallest absolute Gasteiger partial charge is 0.233 e. The highest BCUT2D eigenvalue weighted by atomic mass is 16.2. The van der Waals surface area contributed by atoms with Gasteiger partial charge >= 0.3 is 0 Å². The summed E-state index contributed by atoms with van der Waals surface area (Å²) in [6, 6.07) is 17.4. The maximum absolute atomic E-state index is 12.5. The van der Waals surface area contributed by atoms with Gasteiger partial charge in [-0.2, -0.15) is 0 Å². The number of allylic oxidation sites excluding steroid dienone is 2. The highest BCUT2D eigenvalue weighted by Gasteiger charge is 2.46. The Hall–Kier alpha value is -3.21. The van der Waals surface area contributed by atoms with Gasteiger partial charge in [0.1, 0.15) is 0 Å². The maximum atomic E-state index is 12.5. The Kier molecular flexibility index (Phi) is 5.06. The van der Waals surface area contributed by atoms with Crippen molar-refractivity contribution in [1.82, 2.24) is 4.90 Å². The molecule has 1 saturated heterocycles. The van der Waals surface area contributed by atoms with E-state index in [9.17, 15) is 14.4 Å². The fraction of sp³-hybridized carbons (Fsp3) is 0.261. The summed E-state index contributed by atoms with van der Waals surface area (Å²) in [5.74, 6) is -0.996. The van der Waals surface area contributed by atoms with Crippen LogP contribution in [-0.4, -0.2) is 29.2 Å². The number of para-hydroxylation sites is 1. The number of rotatable bonds is 5. The molecule has 5 heteroatoms. The highest BCUT2D eigenvalue weighted by Crippen LogP contribution is 2.35. The van der Waals surface area contributed by atoms with E-state index < -0.39 is 0 Å². The number of nitrogens with one attached hydrogen (secondary N) is 1. The molecule has 2 atom stereocenters. The average Bonchev–Trinajstić information content (AvgIpc) is 2.98. The Balaban J connectivity index is 1.41. The minimum absolute atomic E-state index is 0.0907. The van der Waals surface area contributed by atoms with E-state index in [-0.39, 0.29) is 42.5 Å². The fourth-order valence-electron chi connectivity index (χ4n) is 3.98. The van der Waals surface area contributed by atoms with Crippen LogP contribution in [-0.2, 0) is 14.4 Å². The number of anilines is 1. The molecule has 0 unspecified atom stereocenters. The number of hydrogen-bond donors (Lipinski definition) is 1. The second-order valence-corrected chi connectivity index (χ2v) is 7.19. The molecular weight excluding hydrogens is 352 g/mol. The lowest BCUT2D eigenvalue weighted by Crippen LogP contribution is -2.34. The Labute approximate surface area is 164 Å². The third-order valence-electron chi connectivity index (χ3n) is 5.45. The Morgan fingerprint density at radius 1 is 0.893 bits per heavy atom. The van der Waals surface area contributed by atoms with Gasteiger partial charge in [0.25, 0.3) is 0 Å².